The van der Waals surface area contributed by atoms with Crippen LogP contribution in [0.5, 0.6) is 5.75 Å². The Bertz CT molecular complexity index is 717. The first-order valence-corrected chi connectivity index (χ1v) is 7.96. The maximum absolute atomic E-state index is 12.1. The van der Waals surface area contributed by atoms with Gasteiger partial charge in [-0.2, -0.15) is 0 Å². The molecule has 7 heteroatoms. The Hall–Kier alpha value is -2.83. The van der Waals surface area contributed by atoms with E-state index >= 15 is 0 Å². The van der Waals surface area contributed by atoms with Crippen LogP contribution in [-0.2, 0) is 22.6 Å². The fourth-order valence-corrected chi connectivity index (χ4v) is 2.26. The molecule has 1 aromatic heterocycles. The molecule has 1 aromatic carbocycles. The molecular formula is C18H22N2O5. The Morgan fingerprint density at radius 2 is 1.92 bits per heavy atom. The minimum absolute atomic E-state index is 0.0588. The summed E-state index contributed by atoms with van der Waals surface area (Å²) >= 11 is 0. The summed E-state index contributed by atoms with van der Waals surface area (Å²) in [5, 5.41) is 12.5. The SMILES string of the molecule is Cc1noc(C)c1COc1ccc(CC(=O)N(C)CCC(=O)O)cc1. The van der Waals surface area contributed by atoms with Crippen molar-refractivity contribution in [1.82, 2.24) is 10.1 Å². The van der Waals surface area contributed by atoms with E-state index in [2.05, 4.69) is 5.16 Å². The van der Waals surface area contributed by atoms with Gasteiger partial charge in [0.25, 0.3) is 0 Å². The zero-order chi connectivity index (χ0) is 18.4. The number of hydrogen-bond donors (Lipinski definition) is 1. The van der Waals surface area contributed by atoms with Crippen molar-refractivity contribution in [2.24, 2.45) is 0 Å². The summed E-state index contributed by atoms with van der Waals surface area (Å²) < 4.78 is 10.8. The van der Waals surface area contributed by atoms with E-state index in [0.29, 0.717) is 12.4 Å². The van der Waals surface area contributed by atoms with Crippen molar-refractivity contribution in [2.45, 2.75) is 33.3 Å². The summed E-state index contributed by atoms with van der Waals surface area (Å²) in [5.74, 6) is 0.393. The van der Waals surface area contributed by atoms with Crippen LogP contribution in [0.3, 0.4) is 0 Å². The molecule has 1 heterocycles. The van der Waals surface area contributed by atoms with Crippen molar-refractivity contribution >= 4 is 11.9 Å². The average Bonchev–Trinajstić information content (AvgIpc) is 2.90. The Labute approximate surface area is 146 Å². The molecule has 7 nitrogen and oxygen atoms in total. The summed E-state index contributed by atoms with van der Waals surface area (Å²) in [4.78, 5) is 24.0. The predicted octanol–water partition coefficient (Wildman–Crippen LogP) is 2.35. The van der Waals surface area contributed by atoms with Crippen molar-refractivity contribution in [3.05, 3.63) is 46.8 Å². The van der Waals surface area contributed by atoms with Crippen molar-refractivity contribution in [3.8, 4) is 5.75 Å². The molecule has 0 bridgehead atoms. The lowest BCUT2D eigenvalue weighted by molar-refractivity contribution is -0.138. The van der Waals surface area contributed by atoms with E-state index in [1.807, 2.05) is 26.0 Å². The van der Waals surface area contributed by atoms with Crippen molar-refractivity contribution in [1.29, 1.82) is 0 Å². The van der Waals surface area contributed by atoms with E-state index in [9.17, 15) is 9.59 Å². The molecule has 2 rings (SSSR count). The van der Waals surface area contributed by atoms with Crippen LogP contribution in [0.4, 0.5) is 0 Å². The second-order valence-electron chi connectivity index (χ2n) is 5.87. The van der Waals surface area contributed by atoms with E-state index in [4.69, 9.17) is 14.4 Å². The number of rotatable bonds is 8. The van der Waals surface area contributed by atoms with Crippen molar-refractivity contribution < 1.29 is 24.0 Å². The molecule has 1 N–H and O–H groups in total. The van der Waals surface area contributed by atoms with Crippen molar-refractivity contribution in [3.63, 3.8) is 0 Å². The number of ether oxygens (including phenoxy) is 1. The number of likely N-dealkylation sites (N-methyl/N-ethyl adjacent to an activating group) is 1. The smallest absolute Gasteiger partial charge is 0.305 e. The maximum atomic E-state index is 12.1. The summed E-state index contributed by atoms with van der Waals surface area (Å²) in [7, 11) is 1.60. The molecule has 0 saturated carbocycles. The molecular weight excluding hydrogens is 324 g/mol. The van der Waals surface area contributed by atoms with Crippen LogP contribution in [0, 0.1) is 13.8 Å². The lowest BCUT2D eigenvalue weighted by Crippen LogP contribution is -2.30. The van der Waals surface area contributed by atoms with Crippen LogP contribution in [-0.4, -0.2) is 40.6 Å². The molecule has 0 aliphatic rings. The quantitative estimate of drug-likeness (QED) is 0.789. The third kappa shape index (κ3) is 5.34. The van der Waals surface area contributed by atoms with Crippen LogP contribution in [0.1, 0.15) is 29.0 Å². The van der Waals surface area contributed by atoms with Gasteiger partial charge in [-0.25, -0.2) is 0 Å². The van der Waals surface area contributed by atoms with Gasteiger partial charge in [-0.05, 0) is 31.5 Å². The highest BCUT2D eigenvalue weighted by molar-refractivity contribution is 5.79. The minimum atomic E-state index is -0.917. The second-order valence-corrected chi connectivity index (χ2v) is 5.87. The number of benzene rings is 1. The highest BCUT2D eigenvalue weighted by Crippen LogP contribution is 2.18. The number of aryl methyl sites for hydroxylation is 2. The molecule has 0 radical (unpaired) electrons. The van der Waals surface area contributed by atoms with Crippen LogP contribution >= 0.6 is 0 Å². The summed E-state index contributed by atoms with van der Waals surface area (Å²) in [6, 6.07) is 7.26. The molecule has 0 spiro atoms. The number of aromatic nitrogens is 1. The Morgan fingerprint density at radius 1 is 1.24 bits per heavy atom. The van der Waals surface area contributed by atoms with Crippen LogP contribution < -0.4 is 4.74 Å². The van der Waals surface area contributed by atoms with Gasteiger partial charge >= 0.3 is 5.97 Å². The Kier molecular flexibility index (Phi) is 6.16. The van der Waals surface area contributed by atoms with E-state index in [0.717, 1.165) is 22.6 Å². The van der Waals surface area contributed by atoms with E-state index < -0.39 is 5.97 Å². The molecule has 0 unspecified atom stereocenters. The molecule has 0 aliphatic heterocycles. The summed E-state index contributed by atoms with van der Waals surface area (Å²) in [6.07, 6.45) is 0.164. The molecule has 134 valence electrons. The second kappa shape index (κ2) is 8.32. The molecule has 2 aromatic rings. The van der Waals surface area contributed by atoms with Gasteiger partial charge in [0.2, 0.25) is 5.91 Å². The first-order chi connectivity index (χ1) is 11.9. The van der Waals surface area contributed by atoms with E-state index in [1.54, 1.807) is 19.2 Å². The number of amides is 1. The fraction of sp³-hybridized carbons (Fsp3) is 0.389. The van der Waals surface area contributed by atoms with Gasteiger partial charge in [0.05, 0.1) is 24.1 Å². The number of carboxylic acids is 1. The molecule has 0 fully saturated rings. The molecule has 0 saturated heterocycles. The fourth-order valence-electron chi connectivity index (χ4n) is 2.26. The van der Waals surface area contributed by atoms with Gasteiger partial charge in [0, 0.05) is 13.6 Å². The van der Waals surface area contributed by atoms with Gasteiger partial charge < -0.3 is 19.3 Å². The summed E-state index contributed by atoms with van der Waals surface area (Å²) in [6.45, 7) is 4.28. The molecule has 0 aliphatic carbocycles. The lowest BCUT2D eigenvalue weighted by Gasteiger charge is -2.16. The number of carboxylic acid groups (broad SMARTS) is 1. The Balaban J connectivity index is 1.87. The molecule has 25 heavy (non-hydrogen) atoms. The number of hydrogen-bond acceptors (Lipinski definition) is 5. The number of carbonyl (C=O) groups excluding carboxylic acids is 1. The number of nitrogens with zero attached hydrogens (tertiary/aromatic N) is 2. The van der Waals surface area contributed by atoms with Crippen LogP contribution in [0.2, 0.25) is 0 Å². The monoisotopic (exact) mass is 346 g/mol. The van der Waals surface area contributed by atoms with Gasteiger partial charge in [0.1, 0.15) is 18.1 Å². The zero-order valence-electron chi connectivity index (χ0n) is 14.6. The van der Waals surface area contributed by atoms with E-state index in [1.165, 1.54) is 4.90 Å². The predicted molar refractivity (Wildman–Crippen MR) is 90.3 cm³/mol. The molecule has 0 atom stereocenters. The normalized spacial score (nSPS) is 10.5. The average molecular weight is 346 g/mol. The minimum Gasteiger partial charge on any atom is -0.489 e. The topological polar surface area (TPSA) is 92.9 Å². The first-order valence-electron chi connectivity index (χ1n) is 7.96. The van der Waals surface area contributed by atoms with E-state index in [-0.39, 0.29) is 25.3 Å². The van der Waals surface area contributed by atoms with Gasteiger partial charge in [-0.15, -0.1) is 0 Å². The van der Waals surface area contributed by atoms with Crippen LogP contribution in [0.15, 0.2) is 28.8 Å². The highest BCUT2D eigenvalue weighted by Gasteiger charge is 2.12. The highest BCUT2D eigenvalue weighted by atomic mass is 16.5. The maximum Gasteiger partial charge on any atom is 0.305 e. The van der Waals surface area contributed by atoms with Gasteiger partial charge in [-0.1, -0.05) is 17.3 Å². The summed E-state index contributed by atoms with van der Waals surface area (Å²) in [5.41, 5.74) is 2.58. The lowest BCUT2D eigenvalue weighted by atomic mass is 10.1. The van der Waals surface area contributed by atoms with Gasteiger partial charge in [0.15, 0.2) is 0 Å². The first kappa shape index (κ1) is 18.5. The number of carbonyl (C=O) groups is 2. The van der Waals surface area contributed by atoms with Crippen molar-refractivity contribution in [2.75, 3.05) is 13.6 Å². The largest absolute Gasteiger partial charge is 0.489 e. The molecule has 1 amide bonds. The van der Waals surface area contributed by atoms with Gasteiger partial charge in [-0.3, -0.25) is 9.59 Å². The third-order valence-electron chi connectivity index (χ3n) is 3.93. The zero-order valence-corrected chi connectivity index (χ0v) is 14.6. The third-order valence-corrected chi connectivity index (χ3v) is 3.93. The number of aliphatic carboxylic acids is 1. The van der Waals surface area contributed by atoms with Crippen LogP contribution in [0.25, 0.3) is 0 Å². The Morgan fingerprint density at radius 3 is 2.48 bits per heavy atom. The standard InChI is InChI=1S/C18H22N2O5/c1-12-16(13(2)25-19-12)11-24-15-6-4-14(5-7-15)10-17(21)20(3)9-8-18(22)23/h4-7H,8-11H2,1-3H3,(H,22,23).